The number of aryl methyl sites for hydroxylation is 3. The lowest BCUT2D eigenvalue weighted by Crippen LogP contribution is -1.90. The second-order valence-electron chi connectivity index (χ2n) is 8.42. The Balaban J connectivity index is 1.74. The zero-order chi connectivity index (χ0) is 21.4. The molecule has 0 saturated heterocycles. The van der Waals surface area contributed by atoms with Gasteiger partial charge in [0.1, 0.15) is 0 Å². The molecule has 0 fully saturated rings. The molecule has 150 valence electrons. The van der Waals surface area contributed by atoms with Gasteiger partial charge >= 0.3 is 0 Å². The molecule has 1 nitrogen and oxygen atoms in total. The summed E-state index contributed by atoms with van der Waals surface area (Å²) in [6, 6.07) is 32.9. The lowest BCUT2D eigenvalue weighted by Gasteiger charge is -2.13. The average molecular weight is 400 g/mol. The molecule has 0 spiro atoms. The fourth-order valence-electron chi connectivity index (χ4n) is 4.02. The molecule has 0 amide bonds. The van der Waals surface area contributed by atoms with Crippen LogP contribution in [0.5, 0.6) is 0 Å². The van der Waals surface area contributed by atoms with E-state index in [9.17, 15) is 0 Å². The van der Waals surface area contributed by atoms with Gasteiger partial charge in [-0.1, -0.05) is 89.5 Å². The van der Waals surface area contributed by atoms with Crippen molar-refractivity contribution in [3.8, 4) is 33.4 Å². The highest BCUT2D eigenvalue weighted by Gasteiger charge is 2.11. The summed E-state index contributed by atoms with van der Waals surface area (Å²) in [5.74, 6) is 0. The van der Waals surface area contributed by atoms with Gasteiger partial charge in [0.2, 0.25) is 0 Å². The second-order valence-corrected chi connectivity index (χ2v) is 8.42. The highest BCUT2D eigenvalue weighted by Crippen LogP contribution is 2.35. The molecule has 0 aliphatic heterocycles. The number of hydrogen-bond donors (Lipinski definition) is 0. The highest BCUT2D eigenvalue weighted by molar-refractivity contribution is 5.99. The second kappa shape index (κ2) is 7.85. The van der Waals surface area contributed by atoms with E-state index in [0.29, 0.717) is 0 Å². The molecule has 0 aliphatic carbocycles. The normalized spacial score (nSPS) is 11.1. The molecule has 0 atom stereocenters. The first kappa shape index (κ1) is 19.3. The number of aromatic nitrogens is 1. The Morgan fingerprint density at radius 1 is 0.452 bits per heavy atom. The number of nitrogens with zero attached hydrogens (tertiary/aromatic N) is 1. The van der Waals surface area contributed by atoms with Gasteiger partial charge in [-0.25, -0.2) is 0 Å². The third kappa shape index (κ3) is 3.87. The number of rotatable bonds is 3. The molecule has 5 aromatic rings. The van der Waals surface area contributed by atoms with Crippen LogP contribution in [0.4, 0.5) is 0 Å². The fourth-order valence-corrected chi connectivity index (χ4v) is 4.02. The number of fused-ring (bicyclic) bond motifs is 1. The van der Waals surface area contributed by atoms with Gasteiger partial charge < -0.3 is 0 Å². The van der Waals surface area contributed by atoms with Crippen molar-refractivity contribution in [3.63, 3.8) is 0 Å². The summed E-state index contributed by atoms with van der Waals surface area (Å²) in [5, 5.41) is 1.16. The molecule has 0 saturated carbocycles. The standard InChI is InChI=1S/C30H25N/c1-20-4-10-23(11-5-20)26-16-27-17-28(24-12-6-21(2)7-13-24)19-31-30(27)29(18-26)25-14-8-22(3)9-15-25/h4-19H,1-3H3. The Morgan fingerprint density at radius 3 is 1.45 bits per heavy atom. The van der Waals surface area contributed by atoms with E-state index in [-0.39, 0.29) is 0 Å². The summed E-state index contributed by atoms with van der Waals surface area (Å²) in [7, 11) is 0. The van der Waals surface area contributed by atoms with Crippen molar-refractivity contribution in [2.75, 3.05) is 0 Å². The van der Waals surface area contributed by atoms with Crippen molar-refractivity contribution < 1.29 is 0 Å². The number of hydrogen-bond acceptors (Lipinski definition) is 1. The first-order valence-corrected chi connectivity index (χ1v) is 10.7. The highest BCUT2D eigenvalue weighted by atomic mass is 14.7. The van der Waals surface area contributed by atoms with E-state index in [1.165, 1.54) is 44.5 Å². The number of benzene rings is 4. The molecule has 1 heterocycles. The Bertz CT molecular complexity index is 1350. The summed E-state index contributed by atoms with van der Waals surface area (Å²) < 4.78 is 0. The molecule has 4 aromatic carbocycles. The van der Waals surface area contributed by atoms with Crippen molar-refractivity contribution in [2.24, 2.45) is 0 Å². The van der Waals surface area contributed by atoms with E-state index in [1.54, 1.807) is 0 Å². The molecule has 0 aliphatic rings. The summed E-state index contributed by atoms with van der Waals surface area (Å²) in [5.41, 5.74) is 12.0. The van der Waals surface area contributed by atoms with Crippen LogP contribution in [0.2, 0.25) is 0 Å². The Labute approximate surface area is 184 Å². The van der Waals surface area contributed by atoms with E-state index in [0.717, 1.165) is 16.5 Å². The minimum Gasteiger partial charge on any atom is -0.255 e. The lowest BCUT2D eigenvalue weighted by molar-refractivity contribution is 1.39. The first-order valence-electron chi connectivity index (χ1n) is 10.7. The fraction of sp³-hybridized carbons (Fsp3) is 0.100. The van der Waals surface area contributed by atoms with E-state index >= 15 is 0 Å². The Hall–Kier alpha value is -3.71. The van der Waals surface area contributed by atoms with Gasteiger partial charge in [0.25, 0.3) is 0 Å². The maximum atomic E-state index is 4.93. The molecule has 31 heavy (non-hydrogen) atoms. The Morgan fingerprint density at radius 2 is 0.903 bits per heavy atom. The van der Waals surface area contributed by atoms with Gasteiger partial charge in [0.15, 0.2) is 0 Å². The van der Waals surface area contributed by atoms with Gasteiger partial charge in [-0.2, -0.15) is 0 Å². The first-order chi connectivity index (χ1) is 15.1. The van der Waals surface area contributed by atoms with Crippen LogP contribution in [-0.4, -0.2) is 4.98 Å². The molecule has 0 bridgehead atoms. The maximum Gasteiger partial charge on any atom is 0.0781 e. The van der Waals surface area contributed by atoms with Gasteiger partial charge in [-0.05, 0) is 61.2 Å². The van der Waals surface area contributed by atoms with Crippen molar-refractivity contribution in [2.45, 2.75) is 20.8 Å². The average Bonchev–Trinajstić information content (AvgIpc) is 2.79. The van der Waals surface area contributed by atoms with Crippen LogP contribution in [0.3, 0.4) is 0 Å². The predicted molar refractivity (Wildman–Crippen MR) is 132 cm³/mol. The smallest absolute Gasteiger partial charge is 0.0781 e. The summed E-state index contributed by atoms with van der Waals surface area (Å²) in [4.78, 5) is 4.93. The molecule has 5 rings (SSSR count). The van der Waals surface area contributed by atoms with Crippen LogP contribution in [0.1, 0.15) is 16.7 Å². The molecule has 0 unspecified atom stereocenters. The molecule has 0 radical (unpaired) electrons. The summed E-state index contributed by atoms with van der Waals surface area (Å²) in [6.45, 7) is 6.36. The van der Waals surface area contributed by atoms with Crippen LogP contribution >= 0.6 is 0 Å². The van der Waals surface area contributed by atoms with Crippen LogP contribution < -0.4 is 0 Å². The van der Waals surface area contributed by atoms with Crippen molar-refractivity contribution in [1.29, 1.82) is 0 Å². The topological polar surface area (TPSA) is 12.9 Å². The predicted octanol–water partition coefficient (Wildman–Crippen LogP) is 8.16. The van der Waals surface area contributed by atoms with Gasteiger partial charge in [-0.3, -0.25) is 4.98 Å². The SMILES string of the molecule is Cc1ccc(-c2cnc3c(-c4ccc(C)cc4)cc(-c4ccc(C)cc4)cc3c2)cc1. The van der Waals surface area contributed by atoms with Gasteiger partial charge in [0, 0.05) is 22.7 Å². The quantitative estimate of drug-likeness (QED) is 0.298. The van der Waals surface area contributed by atoms with E-state index in [1.807, 2.05) is 6.20 Å². The number of pyridine rings is 1. The van der Waals surface area contributed by atoms with Crippen molar-refractivity contribution in [3.05, 3.63) is 114 Å². The largest absolute Gasteiger partial charge is 0.255 e. The summed E-state index contributed by atoms with van der Waals surface area (Å²) in [6.07, 6.45) is 2.00. The summed E-state index contributed by atoms with van der Waals surface area (Å²) >= 11 is 0. The monoisotopic (exact) mass is 399 g/mol. The van der Waals surface area contributed by atoms with Crippen LogP contribution in [0.25, 0.3) is 44.3 Å². The lowest BCUT2D eigenvalue weighted by atomic mass is 9.93. The van der Waals surface area contributed by atoms with E-state index < -0.39 is 0 Å². The van der Waals surface area contributed by atoms with Gasteiger partial charge in [-0.15, -0.1) is 0 Å². The maximum absolute atomic E-state index is 4.93. The minimum atomic E-state index is 1.04. The van der Waals surface area contributed by atoms with E-state index in [2.05, 4.69) is 112 Å². The van der Waals surface area contributed by atoms with Gasteiger partial charge in [0.05, 0.1) is 5.52 Å². The van der Waals surface area contributed by atoms with Crippen molar-refractivity contribution >= 4 is 10.9 Å². The van der Waals surface area contributed by atoms with Crippen LogP contribution in [0, 0.1) is 20.8 Å². The molecule has 1 aromatic heterocycles. The molecular formula is C30H25N. The molecule has 1 heteroatoms. The van der Waals surface area contributed by atoms with Crippen LogP contribution in [-0.2, 0) is 0 Å². The third-order valence-electron chi connectivity index (χ3n) is 5.92. The zero-order valence-corrected chi connectivity index (χ0v) is 18.2. The third-order valence-corrected chi connectivity index (χ3v) is 5.92. The zero-order valence-electron chi connectivity index (χ0n) is 18.2. The molecular weight excluding hydrogens is 374 g/mol. The van der Waals surface area contributed by atoms with E-state index in [4.69, 9.17) is 4.98 Å². The Kier molecular flexibility index (Phi) is 4.88. The van der Waals surface area contributed by atoms with Crippen molar-refractivity contribution in [1.82, 2.24) is 4.98 Å². The minimum absolute atomic E-state index is 1.04. The molecule has 0 N–H and O–H groups in total. The van der Waals surface area contributed by atoms with Crippen LogP contribution in [0.15, 0.2) is 97.2 Å².